The lowest BCUT2D eigenvalue weighted by molar-refractivity contribution is -0.137. The van der Waals surface area contributed by atoms with Crippen molar-refractivity contribution in [1.29, 1.82) is 0 Å². The van der Waals surface area contributed by atoms with Crippen molar-refractivity contribution in [3.63, 3.8) is 0 Å². The van der Waals surface area contributed by atoms with Gasteiger partial charge in [0.1, 0.15) is 12.4 Å². The second kappa shape index (κ2) is 7.51. The zero-order valence-electron chi connectivity index (χ0n) is 12.9. The third-order valence-electron chi connectivity index (χ3n) is 3.56. The first kappa shape index (κ1) is 18.3. The average molecular weight is 326 g/mol. The highest BCUT2D eigenvalue weighted by molar-refractivity contribution is 7.59. The molecule has 0 saturated heterocycles. The summed E-state index contributed by atoms with van der Waals surface area (Å²) in [6.07, 6.45) is 0. The van der Waals surface area contributed by atoms with Crippen LogP contribution in [-0.2, 0) is 11.3 Å². The number of carbonyl (C=O) groups is 2. The van der Waals surface area contributed by atoms with Gasteiger partial charge in [-0.15, -0.1) is 0 Å². The maximum Gasteiger partial charge on any atom is 0.274 e. The lowest BCUT2D eigenvalue weighted by Crippen LogP contribution is -2.41. The van der Waals surface area contributed by atoms with Crippen molar-refractivity contribution in [2.75, 3.05) is 6.61 Å². The maximum absolute atomic E-state index is 12.3. The Hall–Kier alpha value is -1.73. The van der Waals surface area contributed by atoms with Gasteiger partial charge in [-0.3, -0.25) is 14.8 Å². The molecule has 0 unspecified atom stereocenters. The molecule has 0 saturated carbocycles. The molecule has 6 nitrogen and oxygen atoms in total. The Labute approximate surface area is 136 Å². The fraction of sp³-hybridized carbons (Fsp3) is 0.467. The SMILES string of the molecule is CC(C)C(=O)N1Cc2ccc(C(=O)NO)cc2OC[C@@H]1C.S. The van der Waals surface area contributed by atoms with Gasteiger partial charge in [0.15, 0.2) is 0 Å². The standard InChI is InChI=1S/C15H20N2O4.H2S/c1-9(2)15(19)17-7-12-5-4-11(14(18)16-20)6-13(12)21-8-10(17)3;/h4-6,9-10,20H,7-8H2,1-3H3,(H,16,18);1H2/t10-;/m0./s1. The van der Waals surface area contributed by atoms with E-state index in [0.29, 0.717) is 24.5 Å². The van der Waals surface area contributed by atoms with Crippen molar-refractivity contribution in [2.45, 2.75) is 33.4 Å². The van der Waals surface area contributed by atoms with E-state index in [0.717, 1.165) is 5.56 Å². The molecular weight excluding hydrogens is 304 g/mol. The fourth-order valence-corrected chi connectivity index (χ4v) is 2.29. The zero-order chi connectivity index (χ0) is 15.6. The molecule has 2 amide bonds. The molecule has 1 atom stereocenters. The first-order chi connectivity index (χ1) is 9.93. The van der Waals surface area contributed by atoms with Crippen LogP contribution in [0.5, 0.6) is 5.75 Å². The van der Waals surface area contributed by atoms with E-state index in [4.69, 9.17) is 9.94 Å². The fourth-order valence-electron chi connectivity index (χ4n) is 2.29. The Kier molecular flexibility index (Phi) is 6.25. The molecular formula is C15H22N2O4S. The number of carbonyl (C=O) groups excluding carboxylic acids is 2. The number of hydrogen-bond acceptors (Lipinski definition) is 4. The second-order valence-corrected chi connectivity index (χ2v) is 5.54. The van der Waals surface area contributed by atoms with Crippen LogP contribution in [0.25, 0.3) is 0 Å². The predicted octanol–water partition coefficient (Wildman–Crippen LogP) is 1.68. The van der Waals surface area contributed by atoms with Crippen LogP contribution in [0, 0.1) is 5.92 Å². The number of hydroxylamine groups is 1. The molecule has 22 heavy (non-hydrogen) atoms. The van der Waals surface area contributed by atoms with Crippen LogP contribution in [0.1, 0.15) is 36.7 Å². The summed E-state index contributed by atoms with van der Waals surface area (Å²) in [5, 5.41) is 8.67. The Morgan fingerprint density at radius 1 is 1.41 bits per heavy atom. The number of hydrogen-bond donors (Lipinski definition) is 2. The average Bonchev–Trinajstić information content (AvgIpc) is 2.64. The van der Waals surface area contributed by atoms with Crippen LogP contribution in [0.15, 0.2) is 18.2 Å². The number of nitrogens with zero attached hydrogens (tertiary/aromatic N) is 1. The van der Waals surface area contributed by atoms with E-state index >= 15 is 0 Å². The number of ether oxygens (including phenoxy) is 1. The second-order valence-electron chi connectivity index (χ2n) is 5.54. The molecule has 1 aromatic rings. The van der Waals surface area contributed by atoms with Crippen LogP contribution in [0.2, 0.25) is 0 Å². The Balaban J connectivity index is 0.00000242. The van der Waals surface area contributed by atoms with Crippen molar-refractivity contribution >= 4 is 25.3 Å². The normalized spacial score (nSPS) is 17.0. The van der Waals surface area contributed by atoms with Gasteiger partial charge in [0.05, 0.1) is 6.04 Å². The summed E-state index contributed by atoms with van der Waals surface area (Å²) in [5.41, 5.74) is 2.76. The number of benzene rings is 1. The third-order valence-corrected chi connectivity index (χ3v) is 3.56. The van der Waals surface area contributed by atoms with Crippen LogP contribution in [-0.4, -0.2) is 34.6 Å². The molecule has 1 heterocycles. The number of nitrogens with one attached hydrogen (secondary N) is 1. The Bertz CT molecular complexity index is 562. The van der Waals surface area contributed by atoms with Crippen LogP contribution < -0.4 is 10.2 Å². The van der Waals surface area contributed by atoms with E-state index in [2.05, 4.69) is 0 Å². The molecule has 0 radical (unpaired) electrons. The molecule has 0 aliphatic carbocycles. The summed E-state index contributed by atoms with van der Waals surface area (Å²) < 4.78 is 5.70. The van der Waals surface area contributed by atoms with Gasteiger partial charge in [-0.25, -0.2) is 5.48 Å². The van der Waals surface area contributed by atoms with E-state index in [9.17, 15) is 9.59 Å². The van der Waals surface area contributed by atoms with Gasteiger partial charge in [-0.05, 0) is 19.1 Å². The molecule has 0 spiro atoms. The third kappa shape index (κ3) is 3.72. The summed E-state index contributed by atoms with van der Waals surface area (Å²) in [6.45, 7) is 6.50. The quantitative estimate of drug-likeness (QED) is 0.640. The summed E-state index contributed by atoms with van der Waals surface area (Å²) in [7, 11) is 0. The monoisotopic (exact) mass is 326 g/mol. The lowest BCUT2D eigenvalue weighted by Gasteiger charge is -2.28. The van der Waals surface area contributed by atoms with Gasteiger partial charge in [-0.2, -0.15) is 13.5 Å². The van der Waals surface area contributed by atoms with E-state index in [-0.39, 0.29) is 31.4 Å². The lowest BCUT2D eigenvalue weighted by atomic mass is 10.1. The Morgan fingerprint density at radius 2 is 2.09 bits per heavy atom. The molecule has 0 bridgehead atoms. The summed E-state index contributed by atoms with van der Waals surface area (Å²) >= 11 is 0. The Morgan fingerprint density at radius 3 is 2.68 bits per heavy atom. The van der Waals surface area contributed by atoms with Gasteiger partial charge in [0.25, 0.3) is 5.91 Å². The summed E-state index contributed by atoms with van der Waals surface area (Å²) in [5.74, 6) is -0.0135. The van der Waals surface area contributed by atoms with Crippen LogP contribution in [0.3, 0.4) is 0 Å². The largest absolute Gasteiger partial charge is 0.491 e. The number of fused-ring (bicyclic) bond motifs is 1. The summed E-state index contributed by atoms with van der Waals surface area (Å²) in [4.78, 5) is 25.5. The van der Waals surface area contributed by atoms with Crippen molar-refractivity contribution in [2.24, 2.45) is 5.92 Å². The van der Waals surface area contributed by atoms with Gasteiger partial charge < -0.3 is 9.64 Å². The highest BCUT2D eigenvalue weighted by Crippen LogP contribution is 2.27. The van der Waals surface area contributed by atoms with Gasteiger partial charge in [0, 0.05) is 23.6 Å². The van der Waals surface area contributed by atoms with Crippen molar-refractivity contribution in [1.82, 2.24) is 10.4 Å². The van der Waals surface area contributed by atoms with Crippen LogP contribution >= 0.6 is 13.5 Å². The van der Waals surface area contributed by atoms with E-state index < -0.39 is 5.91 Å². The predicted molar refractivity (Wildman–Crippen MR) is 86.4 cm³/mol. The van der Waals surface area contributed by atoms with Crippen molar-refractivity contribution in [3.05, 3.63) is 29.3 Å². The molecule has 0 aromatic heterocycles. The molecule has 1 aliphatic rings. The van der Waals surface area contributed by atoms with Crippen LogP contribution in [0.4, 0.5) is 0 Å². The molecule has 0 fully saturated rings. The van der Waals surface area contributed by atoms with Gasteiger partial charge in [0.2, 0.25) is 5.91 Å². The zero-order valence-corrected chi connectivity index (χ0v) is 13.9. The minimum absolute atomic E-state index is 0. The maximum atomic E-state index is 12.3. The summed E-state index contributed by atoms with van der Waals surface area (Å²) in [6, 6.07) is 4.89. The van der Waals surface area contributed by atoms with E-state index in [1.807, 2.05) is 20.8 Å². The number of rotatable bonds is 2. The molecule has 7 heteroatoms. The highest BCUT2D eigenvalue weighted by Gasteiger charge is 2.27. The minimum atomic E-state index is -0.589. The van der Waals surface area contributed by atoms with Gasteiger partial charge in [-0.1, -0.05) is 19.9 Å². The van der Waals surface area contributed by atoms with Crippen molar-refractivity contribution < 1.29 is 19.5 Å². The van der Waals surface area contributed by atoms with Crippen molar-refractivity contribution in [3.8, 4) is 5.75 Å². The number of amides is 2. The topological polar surface area (TPSA) is 78.9 Å². The minimum Gasteiger partial charge on any atom is -0.491 e. The van der Waals surface area contributed by atoms with E-state index in [1.54, 1.807) is 28.6 Å². The first-order valence-corrected chi connectivity index (χ1v) is 6.94. The molecule has 1 aromatic carbocycles. The molecule has 1 aliphatic heterocycles. The molecule has 122 valence electrons. The smallest absolute Gasteiger partial charge is 0.274 e. The van der Waals surface area contributed by atoms with Gasteiger partial charge >= 0.3 is 0 Å². The van der Waals surface area contributed by atoms with E-state index in [1.165, 1.54) is 0 Å². The highest BCUT2D eigenvalue weighted by atomic mass is 32.1. The molecule has 2 rings (SSSR count). The first-order valence-electron chi connectivity index (χ1n) is 6.94. The molecule has 2 N–H and O–H groups in total.